The van der Waals surface area contributed by atoms with Gasteiger partial charge < -0.3 is 19.5 Å². The predicted octanol–water partition coefficient (Wildman–Crippen LogP) is 5.10. The topological polar surface area (TPSA) is 102 Å². The van der Waals surface area contributed by atoms with Gasteiger partial charge in [-0.05, 0) is 102 Å². The molecule has 4 heterocycles. The van der Waals surface area contributed by atoms with E-state index in [1.54, 1.807) is 10.9 Å². The Kier molecular flexibility index (Phi) is 6.88. The number of nitrogens with zero attached hydrogens (tertiary/aromatic N) is 6. The van der Waals surface area contributed by atoms with Gasteiger partial charge in [0.15, 0.2) is 0 Å². The number of nitrogens with one attached hydrogen (secondary N) is 2. The summed E-state index contributed by atoms with van der Waals surface area (Å²) in [6.45, 7) is 3.31. The van der Waals surface area contributed by atoms with Crippen LogP contribution < -0.4 is 15.4 Å². The second-order valence-electron chi connectivity index (χ2n) is 12.6. The minimum Gasteiger partial charge on any atom is -0.477 e. The summed E-state index contributed by atoms with van der Waals surface area (Å²) in [5.41, 5.74) is 5.79. The molecule has 220 valence electrons. The molecule has 42 heavy (non-hydrogen) atoms. The maximum absolute atomic E-state index is 13.7. The molecule has 0 saturated heterocycles. The van der Waals surface area contributed by atoms with Crippen LogP contribution in [0, 0.1) is 18.8 Å². The molecule has 0 radical (unpaired) electrons. The van der Waals surface area contributed by atoms with Gasteiger partial charge in [0.25, 0.3) is 5.91 Å². The van der Waals surface area contributed by atoms with E-state index in [1.165, 1.54) is 12.8 Å². The minimum atomic E-state index is -0.204. The number of carbonyl (C=O) groups is 1. The van der Waals surface area contributed by atoms with Crippen molar-refractivity contribution in [2.45, 2.75) is 64.1 Å². The number of imidazole rings is 1. The first-order valence-electron chi connectivity index (χ1n) is 15.2. The summed E-state index contributed by atoms with van der Waals surface area (Å²) in [7, 11) is 6.18. The number of amides is 1. The first kappa shape index (κ1) is 26.9. The molecule has 2 N–H and O–H groups in total. The van der Waals surface area contributed by atoms with Gasteiger partial charge in [0.1, 0.15) is 0 Å². The zero-order valence-electron chi connectivity index (χ0n) is 24.9. The van der Waals surface area contributed by atoms with Gasteiger partial charge in [-0.1, -0.05) is 0 Å². The normalized spacial score (nSPS) is 22.8. The highest BCUT2D eigenvalue weighted by Crippen LogP contribution is 2.41. The highest BCUT2D eigenvalue weighted by atomic mass is 16.5. The molecule has 10 heteroatoms. The average molecular weight is 569 g/mol. The van der Waals surface area contributed by atoms with E-state index in [0.717, 1.165) is 60.2 Å². The van der Waals surface area contributed by atoms with Crippen molar-refractivity contribution in [2.24, 2.45) is 18.9 Å². The van der Waals surface area contributed by atoms with Crippen molar-refractivity contribution in [3.8, 4) is 17.1 Å². The molecule has 3 aromatic heterocycles. The highest BCUT2D eigenvalue weighted by molar-refractivity contribution is 6.05. The first-order chi connectivity index (χ1) is 20.3. The van der Waals surface area contributed by atoms with E-state index in [0.29, 0.717) is 53.6 Å². The summed E-state index contributed by atoms with van der Waals surface area (Å²) in [5, 5.41) is 11.3. The Labute approximate surface area is 246 Å². The number of ether oxygens (including phenoxy) is 1. The van der Waals surface area contributed by atoms with Crippen LogP contribution in [0.5, 0.6) is 5.88 Å². The zero-order valence-corrected chi connectivity index (χ0v) is 24.9. The highest BCUT2D eigenvalue weighted by Gasteiger charge is 2.33. The summed E-state index contributed by atoms with van der Waals surface area (Å²) < 4.78 is 10.3. The second kappa shape index (κ2) is 10.7. The Morgan fingerprint density at radius 1 is 1.07 bits per heavy atom. The van der Waals surface area contributed by atoms with Gasteiger partial charge in [-0.15, -0.1) is 0 Å². The second-order valence-corrected chi connectivity index (χ2v) is 12.6. The van der Waals surface area contributed by atoms with Crippen LogP contribution in [0.3, 0.4) is 0 Å². The number of fused-ring (bicyclic) bond motifs is 7. The van der Waals surface area contributed by atoms with Crippen LogP contribution in [0.2, 0.25) is 0 Å². The largest absolute Gasteiger partial charge is 0.477 e. The lowest BCUT2D eigenvalue weighted by molar-refractivity contribution is 0.102. The molecule has 1 amide bonds. The fourth-order valence-electron chi connectivity index (χ4n) is 6.53. The van der Waals surface area contributed by atoms with E-state index in [9.17, 15) is 4.79 Å². The SMILES string of the molecule is Cc1cc2cc(n1)-c1cnn(C)c1OCCCC(C1CC1)Cn1c(nc3ccc(NC4CC(N(C)C)C4)cc31)NC2=O. The summed E-state index contributed by atoms with van der Waals surface area (Å²) in [5.74, 6) is 2.24. The number of aromatic nitrogens is 5. The molecule has 1 aliphatic heterocycles. The van der Waals surface area contributed by atoms with Gasteiger partial charge in [-0.25, -0.2) is 9.67 Å². The lowest BCUT2D eigenvalue weighted by Gasteiger charge is -2.40. The third-order valence-corrected chi connectivity index (χ3v) is 9.23. The maximum atomic E-state index is 13.7. The van der Waals surface area contributed by atoms with E-state index in [-0.39, 0.29) is 5.91 Å². The lowest BCUT2D eigenvalue weighted by Crippen LogP contribution is -2.46. The van der Waals surface area contributed by atoms with E-state index < -0.39 is 0 Å². The monoisotopic (exact) mass is 568 g/mol. The van der Waals surface area contributed by atoms with Crippen molar-refractivity contribution < 1.29 is 9.53 Å². The molecule has 2 fully saturated rings. The summed E-state index contributed by atoms with van der Waals surface area (Å²) in [6.07, 6.45) is 8.54. The Morgan fingerprint density at radius 3 is 2.69 bits per heavy atom. The number of aryl methyl sites for hydroxylation is 2. The molecule has 0 spiro atoms. The Hall–Kier alpha value is -3.92. The molecular weight excluding hydrogens is 528 g/mol. The number of hydrogen-bond acceptors (Lipinski definition) is 7. The molecule has 10 nitrogen and oxygen atoms in total. The zero-order chi connectivity index (χ0) is 29.0. The van der Waals surface area contributed by atoms with Crippen LogP contribution in [0.25, 0.3) is 22.3 Å². The third-order valence-electron chi connectivity index (χ3n) is 9.23. The van der Waals surface area contributed by atoms with Gasteiger partial charge in [0.2, 0.25) is 11.8 Å². The van der Waals surface area contributed by atoms with Gasteiger partial charge in [0, 0.05) is 42.6 Å². The summed E-state index contributed by atoms with van der Waals surface area (Å²) in [4.78, 5) is 25.7. The fourth-order valence-corrected chi connectivity index (χ4v) is 6.53. The molecule has 2 bridgehead atoms. The van der Waals surface area contributed by atoms with Crippen molar-refractivity contribution in [3.63, 3.8) is 0 Å². The molecular formula is C32H40N8O2. The molecule has 4 aromatic rings. The first-order valence-corrected chi connectivity index (χ1v) is 15.2. The minimum absolute atomic E-state index is 0.204. The molecule has 7 rings (SSSR count). The number of hydrogen-bond donors (Lipinski definition) is 2. The summed E-state index contributed by atoms with van der Waals surface area (Å²) >= 11 is 0. The van der Waals surface area contributed by atoms with Crippen LogP contribution >= 0.6 is 0 Å². The maximum Gasteiger partial charge on any atom is 0.258 e. The van der Waals surface area contributed by atoms with Gasteiger partial charge in [-0.2, -0.15) is 5.10 Å². The molecule has 1 aromatic carbocycles. The van der Waals surface area contributed by atoms with E-state index in [4.69, 9.17) is 14.7 Å². The van der Waals surface area contributed by atoms with Crippen LogP contribution in [0.4, 0.5) is 11.6 Å². The standard InChI is InChI=1S/C32H40N8O2/c1-19-12-22-13-28(34-19)26-17-33-39(4)31(26)42-11-5-6-21(20-7-8-20)18-40-29-16-23(35-24-14-25(15-24)38(2)3)9-10-27(29)36-32(40)37-30(22)41/h9-10,12-13,16-17,20-21,24-25,35H,5-8,11,14-15,18H2,1-4H3,(H,36,37,41). The van der Waals surface area contributed by atoms with E-state index in [2.05, 4.69) is 57.5 Å². The van der Waals surface area contributed by atoms with E-state index >= 15 is 0 Å². The van der Waals surface area contributed by atoms with E-state index in [1.807, 2.05) is 26.1 Å². The van der Waals surface area contributed by atoms with Crippen molar-refractivity contribution in [2.75, 3.05) is 31.3 Å². The van der Waals surface area contributed by atoms with Gasteiger partial charge in [-0.3, -0.25) is 15.1 Å². The number of carbonyl (C=O) groups excluding carboxylic acids is 1. The van der Waals surface area contributed by atoms with Crippen molar-refractivity contribution in [1.82, 2.24) is 29.2 Å². The Balaban J connectivity index is 1.25. The quantitative estimate of drug-likeness (QED) is 0.353. The van der Waals surface area contributed by atoms with Crippen molar-refractivity contribution in [3.05, 3.63) is 47.8 Å². The number of benzene rings is 1. The van der Waals surface area contributed by atoms with Crippen molar-refractivity contribution in [1.29, 1.82) is 0 Å². The summed E-state index contributed by atoms with van der Waals surface area (Å²) in [6, 6.07) is 11.1. The Morgan fingerprint density at radius 2 is 1.90 bits per heavy atom. The molecule has 1 atom stereocenters. The van der Waals surface area contributed by atoms with Crippen LogP contribution in [-0.4, -0.2) is 67.9 Å². The molecule has 2 aliphatic carbocycles. The predicted molar refractivity (Wildman–Crippen MR) is 164 cm³/mol. The molecule has 1 unspecified atom stereocenters. The van der Waals surface area contributed by atoms with Crippen LogP contribution in [0.1, 0.15) is 54.6 Å². The van der Waals surface area contributed by atoms with Gasteiger partial charge in [0.05, 0.1) is 35.1 Å². The molecule has 2 saturated carbocycles. The van der Waals surface area contributed by atoms with Crippen LogP contribution in [-0.2, 0) is 13.6 Å². The number of anilines is 2. The number of rotatable bonds is 4. The van der Waals surface area contributed by atoms with Crippen LogP contribution in [0.15, 0.2) is 36.5 Å². The third kappa shape index (κ3) is 5.24. The van der Waals surface area contributed by atoms with Crippen molar-refractivity contribution >= 4 is 28.6 Å². The lowest BCUT2D eigenvalue weighted by atomic mass is 9.86. The average Bonchev–Trinajstić information content (AvgIpc) is 3.64. The number of pyridine rings is 1. The molecule has 3 aliphatic rings. The Bertz CT molecular complexity index is 1630. The van der Waals surface area contributed by atoms with Gasteiger partial charge >= 0.3 is 0 Å². The fraction of sp³-hybridized carbons (Fsp3) is 0.500. The smallest absolute Gasteiger partial charge is 0.258 e.